The molecule has 18 heavy (non-hydrogen) atoms. The Labute approximate surface area is 126 Å². The second-order valence-electron chi connectivity index (χ2n) is 4.73. The van der Waals surface area contributed by atoms with Crippen LogP contribution < -0.4 is 4.74 Å². The van der Waals surface area contributed by atoms with Crippen LogP contribution in [0.15, 0.2) is 18.2 Å². The SMILES string of the molecule is Cc1cc(Cl)ccc1OC(Br)C(=O)C(C)(C)CCl. The molecule has 1 aromatic rings. The minimum absolute atomic E-state index is 0.0909. The smallest absolute Gasteiger partial charge is 0.211 e. The number of ketones is 1. The highest BCUT2D eigenvalue weighted by molar-refractivity contribution is 9.09. The molecule has 0 heterocycles. The number of carbonyl (C=O) groups is 1. The second kappa shape index (κ2) is 6.27. The topological polar surface area (TPSA) is 26.3 Å². The molecule has 0 fully saturated rings. The van der Waals surface area contributed by atoms with Gasteiger partial charge in [-0.1, -0.05) is 25.4 Å². The van der Waals surface area contributed by atoms with Crippen LogP contribution in [0.25, 0.3) is 0 Å². The summed E-state index contributed by atoms with van der Waals surface area (Å²) in [5.74, 6) is 0.781. The highest BCUT2D eigenvalue weighted by Crippen LogP contribution is 2.28. The van der Waals surface area contributed by atoms with Gasteiger partial charge in [-0.15, -0.1) is 11.6 Å². The fourth-order valence-corrected chi connectivity index (χ4v) is 2.46. The Balaban J connectivity index is 2.82. The molecular formula is C13H15BrCl2O2. The van der Waals surface area contributed by atoms with Crippen LogP contribution in [0.3, 0.4) is 0 Å². The van der Waals surface area contributed by atoms with E-state index in [9.17, 15) is 4.79 Å². The summed E-state index contributed by atoms with van der Waals surface area (Å²) in [7, 11) is 0. The van der Waals surface area contributed by atoms with Crippen LogP contribution in [0.5, 0.6) is 5.75 Å². The first-order valence-electron chi connectivity index (χ1n) is 5.45. The van der Waals surface area contributed by atoms with Crippen LogP contribution in [0, 0.1) is 12.3 Å². The molecule has 1 unspecified atom stereocenters. The number of hydrogen-bond donors (Lipinski definition) is 0. The zero-order valence-electron chi connectivity index (χ0n) is 10.5. The van der Waals surface area contributed by atoms with E-state index in [-0.39, 0.29) is 11.7 Å². The van der Waals surface area contributed by atoms with E-state index in [0.29, 0.717) is 10.8 Å². The van der Waals surface area contributed by atoms with Gasteiger partial charge in [0, 0.05) is 16.3 Å². The summed E-state index contributed by atoms with van der Waals surface area (Å²) < 4.78 is 5.60. The van der Waals surface area contributed by atoms with Crippen molar-refractivity contribution >= 4 is 44.9 Å². The summed E-state index contributed by atoms with van der Waals surface area (Å²) in [6, 6.07) is 5.25. The largest absolute Gasteiger partial charge is 0.471 e. The van der Waals surface area contributed by atoms with Gasteiger partial charge in [0.15, 0.2) is 5.78 Å². The van der Waals surface area contributed by atoms with Gasteiger partial charge < -0.3 is 4.74 Å². The molecule has 0 amide bonds. The van der Waals surface area contributed by atoms with E-state index in [1.807, 2.05) is 6.92 Å². The molecule has 1 aromatic carbocycles. The quantitative estimate of drug-likeness (QED) is 0.724. The molecule has 0 aromatic heterocycles. The summed E-state index contributed by atoms with van der Waals surface area (Å²) in [4.78, 5) is 12.1. The number of ether oxygens (including phenoxy) is 1. The van der Waals surface area contributed by atoms with Gasteiger partial charge in [-0.3, -0.25) is 4.79 Å². The van der Waals surface area contributed by atoms with Gasteiger partial charge in [0.05, 0.1) is 0 Å². The maximum Gasteiger partial charge on any atom is 0.211 e. The van der Waals surface area contributed by atoms with Crippen molar-refractivity contribution < 1.29 is 9.53 Å². The van der Waals surface area contributed by atoms with E-state index in [1.54, 1.807) is 32.0 Å². The van der Waals surface area contributed by atoms with Gasteiger partial charge in [0.1, 0.15) is 5.75 Å². The van der Waals surface area contributed by atoms with Crippen molar-refractivity contribution in [3.05, 3.63) is 28.8 Å². The van der Waals surface area contributed by atoms with E-state index in [0.717, 1.165) is 5.56 Å². The van der Waals surface area contributed by atoms with E-state index in [4.69, 9.17) is 27.9 Å². The zero-order valence-corrected chi connectivity index (χ0v) is 13.6. The third kappa shape index (κ3) is 3.87. The van der Waals surface area contributed by atoms with Crippen molar-refractivity contribution in [2.24, 2.45) is 5.41 Å². The molecule has 0 saturated carbocycles. The van der Waals surface area contributed by atoms with Crippen molar-refractivity contribution in [1.82, 2.24) is 0 Å². The Kier molecular flexibility index (Phi) is 5.50. The number of alkyl halides is 2. The molecule has 2 nitrogen and oxygen atoms in total. The van der Waals surface area contributed by atoms with Crippen molar-refractivity contribution in [2.75, 3.05) is 5.88 Å². The lowest BCUT2D eigenvalue weighted by Crippen LogP contribution is -2.35. The zero-order chi connectivity index (χ0) is 13.9. The Bertz CT molecular complexity index is 447. The van der Waals surface area contributed by atoms with Crippen molar-refractivity contribution in [3.63, 3.8) is 0 Å². The van der Waals surface area contributed by atoms with Crippen LogP contribution in [-0.4, -0.2) is 16.7 Å². The normalized spacial score (nSPS) is 13.2. The monoisotopic (exact) mass is 352 g/mol. The molecule has 0 radical (unpaired) electrons. The van der Waals surface area contributed by atoms with Gasteiger partial charge in [-0.2, -0.15) is 0 Å². The van der Waals surface area contributed by atoms with Crippen molar-refractivity contribution in [3.8, 4) is 5.75 Å². The molecule has 0 saturated heterocycles. The highest BCUT2D eigenvalue weighted by atomic mass is 79.9. The molecular weight excluding hydrogens is 339 g/mol. The van der Waals surface area contributed by atoms with Gasteiger partial charge in [0.25, 0.3) is 0 Å². The lowest BCUT2D eigenvalue weighted by Gasteiger charge is -2.24. The molecule has 0 spiro atoms. The molecule has 0 bridgehead atoms. The number of Topliss-reactive ketones (excluding diaryl/α,β-unsaturated/α-hetero) is 1. The predicted octanol–water partition coefficient (Wildman–Crippen LogP) is 4.58. The maximum atomic E-state index is 12.1. The van der Waals surface area contributed by atoms with Crippen LogP contribution >= 0.6 is 39.1 Å². The van der Waals surface area contributed by atoms with Crippen molar-refractivity contribution in [2.45, 2.75) is 25.8 Å². The fraction of sp³-hybridized carbons (Fsp3) is 0.462. The summed E-state index contributed by atoms with van der Waals surface area (Å²) >= 11 is 14.9. The van der Waals surface area contributed by atoms with E-state index < -0.39 is 10.4 Å². The Morgan fingerprint density at radius 3 is 2.61 bits per heavy atom. The lowest BCUT2D eigenvalue weighted by atomic mass is 9.91. The first kappa shape index (κ1) is 15.8. The maximum absolute atomic E-state index is 12.1. The standard InChI is InChI=1S/C13H15BrCl2O2/c1-8-6-9(16)4-5-10(8)18-12(14)11(17)13(2,3)7-15/h4-6,12H,7H2,1-3H3. The minimum atomic E-state index is -0.717. The number of hydrogen-bond acceptors (Lipinski definition) is 2. The third-order valence-corrected chi connectivity index (χ3v) is 4.08. The Morgan fingerprint density at radius 1 is 1.50 bits per heavy atom. The van der Waals surface area contributed by atoms with Crippen LogP contribution in [0.4, 0.5) is 0 Å². The second-order valence-corrected chi connectivity index (χ2v) is 6.26. The summed E-state index contributed by atoms with van der Waals surface area (Å²) in [5.41, 5.74) is 0.249. The lowest BCUT2D eigenvalue weighted by molar-refractivity contribution is -0.129. The van der Waals surface area contributed by atoms with E-state index >= 15 is 0 Å². The number of rotatable bonds is 5. The summed E-state index contributed by atoms with van der Waals surface area (Å²) in [6.45, 7) is 5.45. The Hall–Kier alpha value is -0.250. The minimum Gasteiger partial charge on any atom is -0.471 e. The number of benzene rings is 1. The molecule has 0 N–H and O–H groups in total. The molecule has 5 heteroatoms. The fourth-order valence-electron chi connectivity index (χ4n) is 1.28. The van der Waals surface area contributed by atoms with E-state index in [1.165, 1.54) is 0 Å². The number of halogens is 3. The van der Waals surface area contributed by atoms with Gasteiger partial charge in [0.2, 0.25) is 5.01 Å². The first-order chi connectivity index (χ1) is 8.27. The van der Waals surface area contributed by atoms with Crippen molar-refractivity contribution in [1.29, 1.82) is 0 Å². The molecule has 0 aliphatic heterocycles. The van der Waals surface area contributed by atoms with Crippen LogP contribution in [-0.2, 0) is 4.79 Å². The molecule has 0 aliphatic rings. The van der Waals surface area contributed by atoms with Gasteiger partial charge in [-0.25, -0.2) is 0 Å². The van der Waals surface area contributed by atoms with Crippen LogP contribution in [0.2, 0.25) is 5.02 Å². The molecule has 0 aliphatic carbocycles. The predicted molar refractivity (Wildman–Crippen MR) is 79.0 cm³/mol. The summed E-state index contributed by atoms with van der Waals surface area (Å²) in [6.07, 6.45) is 0. The number of carbonyl (C=O) groups excluding carboxylic acids is 1. The third-order valence-electron chi connectivity index (χ3n) is 2.57. The average molecular weight is 354 g/mol. The van der Waals surface area contributed by atoms with Gasteiger partial charge in [-0.05, 0) is 46.6 Å². The molecule has 100 valence electrons. The number of aryl methyl sites for hydroxylation is 1. The Morgan fingerprint density at radius 2 is 2.11 bits per heavy atom. The van der Waals surface area contributed by atoms with Gasteiger partial charge >= 0.3 is 0 Å². The van der Waals surface area contributed by atoms with E-state index in [2.05, 4.69) is 15.9 Å². The summed E-state index contributed by atoms with van der Waals surface area (Å²) in [5, 5.41) is -0.0792. The molecule has 1 atom stereocenters. The molecule has 1 rings (SSSR count). The van der Waals surface area contributed by atoms with Crippen LogP contribution in [0.1, 0.15) is 19.4 Å². The first-order valence-corrected chi connectivity index (χ1v) is 7.28. The average Bonchev–Trinajstić information content (AvgIpc) is 2.31. The highest BCUT2D eigenvalue weighted by Gasteiger charge is 2.33.